The van der Waals surface area contributed by atoms with Crippen molar-refractivity contribution in [2.75, 3.05) is 5.32 Å². The summed E-state index contributed by atoms with van der Waals surface area (Å²) in [4.78, 5) is 25.9. The molecule has 0 aromatic carbocycles. The molecule has 1 amide bonds. The van der Waals surface area contributed by atoms with Gasteiger partial charge in [0.05, 0.1) is 0 Å². The van der Waals surface area contributed by atoms with E-state index in [2.05, 4.69) is 10.3 Å². The summed E-state index contributed by atoms with van der Waals surface area (Å²) in [7, 11) is 0. The van der Waals surface area contributed by atoms with Crippen LogP contribution < -0.4 is 5.32 Å². The number of unbranched alkanes of at least 4 members (excludes halogenated alkanes) is 1. The van der Waals surface area contributed by atoms with E-state index in [1.807, 2.05) is 6.92 Å². The van der Waals surface area contributed by atoms with Crippen molar-refractivity contribution in [2.45, 2.75) is 26.2 Å². The van der Waals surface area contributed by atoms with Crippen LogP contribution in [0.5, 0.6) is 0 Å². The second-order valence-corrected chi connectivity index (χ2v) is 3.80. The molecule has 96 valence electrons. The Kier molecular flexibility index (Phi) is 5.57. The molecule has 0 aliphatic heterocycles. The Morgan fingerprint density at radius 3 is 2.94 bits per heavy atom. The fourth-order valence-corrected chi connectivity index (χ4v) is 1.33. The number of rotatable bonds is 6. The summed E-state index contributed by atoms with van der Waals surface area (Å²) in [5.41, 5.74) is 0.679. The van der Waals surface area contributed by atoms with Gasteiger partial charge in [0, 0.05) is 18.7 Å². The Hall–Kier alpha value is -2.17. The van der Waals surface area contributed by atoms with E-state index in [0.717, 1.165) is 18.9 Å². The molecule has 5 nitrogen and oxygen atoms in total. The molecule has 0 bridgehead atoms. The molecule has 2 N–H and O–H groups in total. The topological polar surface area (TPSA) is 79.3 Å². The van der Waals surface area contributed by atoms with Gasteiger partial charge in [-0.25, -0.2) is 9.78 Å². The fourth-order valence-electron chi connectivity index (χ4n) is 1.33. The van der Waals surface area contributed by atoms with E-state index in [-0.39, 0.29) is 5.91 Å². The smallest absolute Gasteiger partial charge is 0.328 e. The summed E-state index contributed by atoms with van der Waals surface area (Å²) >= 11 is 0. The summed E-state index contributed by atoms with van der Waals surface area (Å²) in [5.74, 6) is -0.660. The Balaban J connectivity index is 2.64. The van der Waals surface area contributed by atoms with Crippen molar-refractivity contribution in [1.29, 1.82) is 0 Å². The molecule has 0 aliphatic rings. The average Bonchev–Trinajstić information content (AvgIpc) is 2.34. The first-order valence-corrected chi connectivity index (χ1v) is 5.78. The number of hydrogen-bond acceptors (Lipinski definition) is 3. The number of pyridine rings is 1. The number of carboxylic acid groups (broad SMARTS) is 1. The Morgan fingerprint density at radius 1 is 1.50 bits per heavy atom. The minimum absolute atomic E-state index is 0.0799. The van der Waals surface area contributed by atoms with Gasteiger partial charge in [0.15, 0.2) is 0 Å². The number of nitrogens with one attached hydrogen (secondary N) is 1. The van der Waals surface area contributed by atoms with E-state index in [1.165, 1.54) is 12.3 Å². The van der Waals surface area contributed by atoms with Crippen molar-refractivity contribution >= 4 is 23.8 Å². The predicted molar refractivity (Wildman–Crippen MR) is 69.1 cm³/mol. The number of aliphatic carboxylic acids is 1. The van der Waals surface area contributed by atoms with E-state index in [4.69, 9.17) is 5.11 Å². The second-order valence-electron chi connectivity index (χ2n) is 3.80. The summed E-state index contributed by atoms with van der Waals surface area (Å²) in [6.45, 7) is 2.02. The Morgan fingerprint density at radius 2 is 2.28 bits per heavy atom. The third kappa shape index (κ3) is 5.25. The minimum Gasteiger partial charge on any atom is -0.478 e. The quantitative estimate of drug-likeness (QED) is 0.757. The van der Waals surface area contributed by atoms with Crippen LogP contribution in [0.15, 0.2) is 24.4 Å². The van der Waals surface area contributed by atoms with Crippen molar-refractivity contribution in [3.63, 3.8) is 0 Å². The van der Waals surface area contributed by atoms with Gasteiger partial charge < -0.3 is 10.4 Å². The molecule has 0 atom stereocenters. The number of carboxylic acids is 1. The molecular weight excluding hydrogens is 232 g/mol. The normalized spacial score (nSPS) is 10.5. The monoisotopic (exact) mass is 248 g/mol. The first kappa shape index (κ1) is 13.9. The van der Waals surface area contributed by atoms with Gasteiger partial charge in [0.25, 0.3) is 0 Å². The van der Waals surface area contributed by atoms with Gasteiger partial charge in [-0.15, -0.1) is 0 Å². The van der Waals surface area contributed by atoms with Crippen LogP contribution in [-0.4, -0.2) is 22.0 Å². The van der Waals surface area contributed by atoms with Crippen LogP contribution in [0.3, 0.4) is 0 Å². The SMILES string of the molecule is CCCCC(=O)Nc1cc(/C=C/C(=O)O)ccn1. The van der Waals surface area contributed by atoms with Gasteiger partial charge in [0.1, 0.15) is 5.82 Å². The molecule has 0 aliphatic carbocycles. The lowest BCUT2D eigenvalue weighted by molar-refractivity contribution is -0.131. The van der Waals surface area contributed by atoms with E-state index >= 15 is 0 Å². The van der Waals surface area contributed by atoms with Crippen LogP contribution in [-0.2, 0) is 9.59 Å². The van der Waals surface area contributed by atoms with Crippen LogP contribution in [0.2, 0.25) is 0 Å². The largest absolute Gasteiger partial charge is 0.478 e. The second kappa shape index (κ2) is 7.21. The number of nitrogens with zero attached hydrogens (tertiary/aromatic N) is 1. The molecule has 1 rings (SSSR count). The van der Waals surface area contributed by atoms with Crippen molar-refractivity contribution in [3.8, 4) is 0 Å². The molecule has 5 heteroatoms. The van der Waals surface area contributed by atoms with Crippen molar-refractivity contribution in [3.05, 3.63) is 30.0 Å². The number of amides is 1. The summed E-state index contributed by atoms with van der Waals surface area (Å²) in [6, 6.07) is 3.30. The molecule has 0 unspecified atom stereocenters. The van der Waals surface area contributed by atoms with Gasteiger partial charge >= 0.3 is 5.97 Å². The number of carbonyl (C=O) groups excluding carboxylic acids is 1. The molecular formula is C13H16N2O3. The van der Waals surface area contributed by atoms with Gasteiger partial charge in [-0.3, -0.25) is 4.79 Å². The van der Waals surface area contributed by atoms with Gasteiger partial charge in [-0.05, 0) is 30.2 Å². The highest BCUT2D eigenvalue weighted by molar-refractivity contribution is 5.90. The number of aromatic nitrogens is 1. The molecule has 0 radical (unpaired) electrons. The molecule has 1 aromatic heterocycles. The Labute approximate surface area is 106 Å². The Bertz CT molecular complexity index is 455. The number of anilines is 1. The first-order chi connectivity index (χ1) is 8.61. The highest BCUT2D eigenvalue weighted by atomic mass is 16.4. The standard InChI is InChI=1S/C13H16N2O3/c1-2-3-4-12(16)15-11-9-10(7-8-14-11)5-6-13(17)18/h5-9H,2-4H2,1H3,(H,17,18)(H,14,15,16)/b6-5+. The maximum atomic E-state index is 11.5. The zero-order valence-electron chi connectivity index (χ0n) is 10.2. The van der Waals surface area contributed by atoms with Crippen LogP contribution in [0.25, 0.3) is 6.08 Å². The van der Waals surface area contributed by atoms with Gasteiger partial charge in [-0.1, -0.05) is 13.3 Å². The lowest BCUT2D eigenvalue weighted by atomic mass is 10.2. The molecule has 1 heterocycles. The molecule has 1 aromatic rings. The summed E-state index contributed by atoms with van der Waals surface area (Å²) in [6.07, 6.45) is 6.28. The third-order valence-corrected chi connectivity index (χ3v) is 2.23. The van der Waals surface area contributed by atoms with Crippen molar-refractivity contribution < 1.29 is 14.7 Å². The molecule has 18 heavy (non-hydrogen) atoms. The summed E-state index contributed by atoms with van der Waals surface area (Å²) in [5, 5.41) is 11.2. The highest BCUT2D eigenvalue weighted by Gasteiger charge is 2.02. The maximum Gasteiger partial charge on any atom is 0.328 e. The first-order valence-electron chi connectivity index (χ1n) is 5.78. The number of carbonyl (C=O) groups is 2. The van der Waals surface area contributed by atoms with Crippen LogP contribution in [0, 0.1) is 0 Å². The minimum atomic E-state index is -1.01. The van der Waals surface area contributed by atoms with E-state index in [1.54, 1.807) is 12.1 Å². The lowest BCUT2D eigenvalue weighted by Gasteiger charge is -2.04. The zero-order chi connectivity index (χ0) is 13.4. The van der Waals surface area contributed by atoms with Crippen molar-refractivity contribution in [2.24, 2.45) is 0 Å². The zero-order valence-corrected chi connectivity index (χ0v) is 10.2. The number of hydrogen-bond donors (Lipinski definition) is 2. The molecule has 0 fully saturated rings. The van der Waals surface area contributed by atoms with Crippen LogP contribution in [0.1, 0.15) is 31.7 Å². The van der Waals surface area contributed by atoms with Gasteiger partial charge in [0.2, 0.25) is 5.91 Å². The van der Waals surface area contributed by atoms with Crippen LogP contribution >= 0.6 is 0 Å². The highest BCUT2D eigenvalue weighted by Crippen LogP contribution is 2.09. The van der Waals surface area contributed by atoms with Crippen LogP contribution in [0.4, 0.5) is 5.82 Å². The average molecular weight is 248 g/mol. The molecule has 0 saturated heterocycles. The van der Waals surface area contributed by atoms with E-state index < -0.39 is 5.97 Å². The fraction of sp³-hybridized carbons (Fsp3) is 0.308. The van der Waals surface area contributed by atoms with Gasteiger partial charge in [-0.2, -0.15) is 0 Å². The van der Waals surface area contributed by atoms with E-state index in [0.29, 0.717) is 17.8 Å². The van der Waals surface area contributed by atoms with E-state index in [9.17, 15) is 9.59 Å². The molecule has 0 spiro atoms. The van der Waals surface area contributed by atoms with Crippen molar-refractivity contribution in [1.82, 2.24) is 4.98 Å². The maximum absolute atomic E-state index is 11.5. The lowest BCUT2D eigenvalue weighted by Crippen LogP contribution is -2.12. The third-order valence-electron chi connectivity index (χ3n) is 2.23. The predicted octanol–water partition coefficient (Wildman–Crippen LogP) is 2.31. The summed E-state index contributed by atoms with van der Waals surface area (Å²) < 4.78 is 0. The molecule has 0 saturated carbocycles.